The molecule has 3 aromatic rings. The molecule has 0 bridgehead atoms. The summed E-state index contributed by atoms with van der Waals surface area (Å²) in [6, 6.07) is 13.3. The van der Waals surface area contributed by atoms with Gasteiger partial charge in [0.05, 0.1) is 12.1 Å². The summed E-state index contributed by atoms with van der Waals surface area (Å²) in [6.45, 7) is 2.26. The molecule has 3 rings (SSSR count). The molecule has 106 valence electrons. The molecule has 21 heavy (non-hydrogen) atoms. The molecular formula is C16H16N4O. The fourth-order valence-electron chi connectivity index (χ4n) is 2.25. The first-order chi connectivity index (χ1) is 10.1. The van der Waals surface area contributed by atoms with Crippen LogP contribution in [0.15, 0.2) is 42.5 Å². The van der Waals surface area contributed by atoms with E-state index in [9.17, 15) is 4.79 Å². The first-order valence-corrected chi connectivity index (χ1v) is 6.71. The summed E-state index contributed by atoms with van der Waals surface area (Å²) in [4.78, 5) is 12.2. The van der Waals surface area contributed by atoms with Gasteiger partial charge in [-0.2, -0.15) is 5.10 Å². The third kappa shape index (κ3) is 2.72. The molecule has 0 amide bonds. The van der Waals surface area contributed by atoms with E-state index < -0.39 is 0 Å². The Kier molecular flexibility index (Phi) is 3.31. The van der Waals surface area contributed by atoms with Crippen LogP contribution in [-0.2, 0) is 0 Å². The SMILES string of the molecule is Cc1cccc(NCC(=O)c2ccc3[nH]nc(N)c3c2)c1. The summed E-state index contributed by atoms with van der Waals surface area (Å²) >= 11 is 0. The molecule has 0 aliphatic heterocycles. The molecule has 4 N–H and O–H groups in total. The van der Waals surface area contributed by atoms with Crippen LogP contribution in [-0.4, -0.2) is 22.5 Å². The maximum Gasteiger partial charge on any atom is 0.181 e. The third-order valence-electron chi connectivity index (χ3n) is 3.39. The minimum absolute atomic E-state index is 0.0130. The normalized spacial score (nSPS) is 10.7. The van der Waals surface area contributed by atoms with Gasteiger partial charge in [-0.05, 0) is 42.8 Å². The number of aromatic amines is 1. The summed E-state index contributed by atoms with van der Waals surface area (Å²) in [6.07, 6.45) is 0. The average Bonchev–Trinajstić information content (AvgIpc) is 2.86. The predicted molar refractivity (Wildman–Crippen MR) is 84.5 cm³/mol. The Morgan fingerprint density at radius 1 is 1.29 bits per heavy atom. The summed E-state index contributed by atoms with van der Waals surface area (Å²) < 4.78 is 0. The van der Waals surface area contributed by atoms with Gasteiger partial charge in [0.2, 0.25) is 0 Å². The van der Waals surface area contributed by atoms with E-state index in [4.69, 9.17) is 5.73 Å². The lowest BCUT2D eigenvalue weighted by molar-refractivity contribution is 0.101. The second kappa shape index (κ2) is 5.28. The molecule has 0 spiro atoms. The number of rotatable bonds is 4. The zero-order valence-corrected chi connectivity index (χ0v) is 11.7. The molecule has 0 atom stereocenters. The van der Waals surface area contributed by atoms with Gasteiger partial charge in [-0.25, -0.2) is 0 Å². The first kappa shape index (κ1) is 13.2. The fourth-order valence-corrected chi connectivity index (χ4v) is 2.25. The maximum absolute atomic E-state index is 12.2. The molecule has 0 aliphatic rings. The number of nitrogens with one attached hydrogen (secondary N) is 2. The van der Waals surface area contributed by atoms with Crippen molar-refractivity contribution in [1.82, 2.24) is 10.2 Å². The van der Waals surface area contributed by atoms with Gasteiger partial charge in [-0.15, -0.1) is 0 Å². The number of nitrogen functional groups attached to an aromatic ring is 1. The number of hydrogen-bond donors (Lipinski definition) is 3. The van der Waals surface area contributed by atoms with Crippen molar-refractivity contribution >= 4 is 28.2 Å². The number of ketones is 1. The van der Waals surface area contributed by atoms with Crippen LogP contribution in [0.1, 0.15) is 15.9 Å². The highest BCUT2D eigenvalue weighted by molar-refractivity contribution is 6.03. The van der Waals surface area contributed by atoms with Crippen LogP contribution < -0.4 is 11.1 Å². The van der Waals surface area contributed by atoms with E-state index >= 15 is 0 Å². The van der Waals surface area contributed by atoms with Gasteiger partial charge in [0, 0.05) is 16.6 Å². The molecule has 1 aromatic heterocycles. The van der Waals surface area contributed by atoms with Crippen LogP contribution in [0, 0.1) is 6.92 Å². The molecule has 0 fully saturated rings. The zero-order valence-electron chi connectivity index (χ0n) is 11.7. The highest BCUT2D eigenvalue weighted by Gasteiger charge is 2.09. The van der Waals surface area contributed by atoms with Crippen molar-refractivity contribution in [2.24, 2.45) is 0 Å². The number of Topliss-reactive ketones (excluding diaryl/α,β-unsaturated/α-hetero) is 1. The Labute approximate surface area is 122 Å². The van der Waals surface area contributed by atoms with Gasteiger partial charge in [0.25, 0.3) is 0 Å². The molecule has 0 saturated carbocycles. The van der Waals surface area contributed by atoms with Crippen molar-refractivity contribution in [2.45, 2.75) is 6.92 Å². The lowest BCUT2D eigenvalue weighted by Gasteiger charge is -2.06. The number of nitrogens with two attached hydrogens (primary N) is 1. The van der Waals surface area contributed by atoms with E-state index in [1.807, 2.05) is 37.3 Å². The molecule has 5 heteroatoms. The van der Waals surface area contributed by atoms with Gasteiger partial charge >= 0.3 is 0 Å². The van der Waals surface area contributed by atoms with E-state index in [0.717, 1.165) is 22.2 Å². The van der Waals surface area contributed by atoms with Crippen molar-refractivity contribution in [1.29, 1.82) is 0 Å². The van der Waals surface area contributed by atoms with Gasteiger partial charge in [0.1, 0.15) is 0 Å². The van der Waals surface area contributed by atoms with Gasteiger partial charge in [-0.1, -0.05) is 12.1 Å². The number of anilines is 2. The van der Waals surface area contributed by atoms with Crippen LogP contribution in [0.4, 0.5) is 11.5 Å². The van der Waals surface area contributed by atoms with Gasteiger partial charge in [-0.3, -0.25) is 9.89 Å². The second-order valence-electron chi connectivity index (χ2n) is 5.02. The summed E-state index contributed by atoms with van der Waals surface area (Å²) in [7, 11) is 0. The van der Waals surface area contributed by atoms with E-state index in [1.165, 1.54) is 0 Å². The zero-order chi connectivity index (χ0) is 14.8. The molecule has 1 heterocycles. The lowest BCUT2D eigenvalue weighted by Crippen LogP contribution is -2.14. The lowest BCUT2D eigenvalue weighted by atomic mass is 10.1. The number of carbonyl (C=O) groups excluding carboxylic acids is 1. The topological polar surface area (TPSA) is 83.8 Å². The molecule has 5 nitrogen and oxygen atoms in total. The number of carbonyl (C=O) groups is 1. The van der Waals surface area contributed by atoms with E-state index in [-0.39, 0.29) is 12.3 Å². The van der Waals surface area contributed by atoms with Gasteiger partial charge < -0.3 is 11.1 Å². The summed E-state index contributed by atoms with van der Waals surface area (Å²) in [5, 5.41) is 10.7. The third-order valence-corrected chi connectivity index (χ3v) is 3.39. The molecule has 0 aliphatic carbocycles. The number of nitrogens with zero attached hydrogens (tertiary/aromatic N) is 1. The van der Waals surface area contributed by atoms with Gasteiger partial charge in [0.15, 0.2) is 11.6 Å². The first-order valence-electron chi connectivity index (χ1n) is 6.71. The van der Waals surface area contributed by atoms with E-state index in [0.29, 0.717) is 11.4 Å². The Bertz CT molecular complexity index is 807. The second-order valence-corrected chi connectivity index (χ2v) is 5.02. The summed E-state index contributed by atoms with van der Waals surface area (Å²) in [5.74, 6) is 0.422. The number of aromatic nitrogens is 2. The van der Waals surface area contributed by atoms with Crippen molar-refractivity contribution in [3.63, 3.8) is 0 Å². The van der Waals surface area contributed by atoms with Crippen LogP contribution in [0.3, 0.4) is 0 Å². The molecule has 0 radical (unpaired) electrons. The van der Waals surface area contributed by atoms with E-state index in [1.54, 1.807) is 12.1 Å². The Balaban J connectivity index is 1.76. The Morgan fingerprint density at radius 2 is 2.14 bits per heavy atom. The number of fused-ring (bicyclic) bond motifs is 1. The number of H-pyrrole nitrogens is 1. The van der Waals surface area contributed by atoms with Crippen molar-refractivity contribution in [3.05, 3.63) is 53.6 Å². The van der Waals surface area contributed by atoms with Crippen LogP contribution >= 0.6 is 0 Å². The Morgan fingerprint density at radius 3 is 2.95 bits per heavy atom. The van der Waals surface area contributed by atoms with Crippen LogP contribution in [0.5, 0.6) is 0 Å². The number of aryl methyl sites for hydroxylation is 1. The molecule has 0 unspecified atom stereocenters. The summed E-state index contributed by atoms with van der Waals surface area (Å²) in [5.41, 5.74) is 9.30. The highest BCUT2D eigenvalue weighted by atomic mass is 16.1. The number of hydrogen-bond acceptors (Lipinski definition) is 4. The smallest absolute Gasteiger partial charge is 0.181 e. The minimum Gasteiger partial charge on any atom is -0.382 e. The highest BCUT2D eigenvalue weighted by Crippen LogP contribution is 2.19. The van der Waals surface area contributed by atoms with Crippen LogP contribution in [0.25, 0.3) is 10.9 Å². The Hall–Kier alpha value is -2.82. The molecule has 0 saturated heterocycles. The molecule has 2 aromatic carbocycles. The van der Waals surface area contributed by atoms with Crippen molar-refractivity contribution in [3.8, 4) is 0 Å². The largest absolute Gasteiger partial charge is 0.382 e. The quantitative estimate of drug-likeness (QED) is 0.642. The predicted octanol–water partition coefficient (Wildman–Crippen LogP) is 2.75. The molecular weight excluding hydrogens is 264 g/mol. The van der Waals surface area contributed by atoms with Crippen molar-refractivity contribution in [2.75, 3.05) is 17.6 Å². The average molecular weight is 280 g/mol. The van der Waals surface area contributed by atoms with E-state index in [2.05, 4.69) is 15.5 Å². The standard InChI is InChI=1S/C16H16N4O/c1-10-3-2-4-12(7-10)18-9-15(21)11-5-6-14-13(8-11)16(17)20-19-14/h2-8,18H,9H2,1H3,(H3,17,19,20). The maximum atomic E-state index is 12.2. The monoisotopic (exact) mass is 280 g/mol. The number of benzene rings is 2. The van der Waals surface area contributed by atoms with Crippen molar-refractivity contribution < 1.29 is 4.79 Å². The fraction of sp³-hybridized carbons (Fsp3) is 0.125. The minimum atomic E-state index is 0.0130. The van der Waals surface area contributed by atoms with Crippen LogP contribution in [0.2, 0.25) is 0 Å².